The number of H-pyrrole nitrogens is 1. The Morgan fingerprint density at radius 3 is 2.64 bits per heavy atom. The minimum Gasteiger partial charge on any atom is -0.346 e. The first-order valence-corrected chi connectivity index (χ1v) is 11.0. The number of carbonyl (C=O) groups excluding carboxylic acids is 1. The van der Waals surface area contributed by atoms with Crippen LogP contribution < -0.4 is 10.2 Å². The van der Waals surface area contributed by atoms with Crippen LogP contribution in [0.1, 0.15) is 41.3 Å². The van der Waals surface area contributed by atoms with Gasteiger partial charge in [-0.25, -0.2) is 13.5 Å². The van der Waals surface area contributed by atoms with Gasteiger partial charge in [0.1, 0.15) is 23.8 Å². The summed E-state index contributed by atoms with van der Waals surface area (Å²) in [6.07, 6.45) is -1.89. The van der Waals surface area contributed by atoms with Gasteiger partial charge in [-0.15, -0.1) is 0 Å². The van der Waals surface area contributed by atoms with Crippen LogP contribution in [-0.4, -0.2) is 44.6 Å². The van der Waals surface area contributed by atoms with Crippen LogP contribution in [0.4, 0.5) is 27.6 Å². The fourth-order valence-electron chi connectivity index (χ4n) is 4.33. The predicted molar refractivity (Wildman–Crippen MR) is 119 cm³/mol. The van der Waals surface area contributed by atoms with Gasteiger partial charge in [0, 0.05) is 48.0 Å². The molecule has 3 aromatic rings. The second kappa shape index (κ2) is 9.25. The number of alkyl halides is 3. The molecule has 8 nitrogen and oxygen atoms in total. The molecule has 3 atom stereocenters. The summed E-state index contributed by atoms with van der Waals surface area (Å²) in [4.78, 5) is 13.6. The van der Waals surface area contributed by atoms with E-state index in [4.69, 9.17) is 0 Å². The normalized spacial score (nSPS) is 18.5. The van der Waals surface area contributed by atoms with Crippen LogP contribution in [0.3, 0.4) is 0 Å². The molecule has 0 saturated carbocycles. The topological polar surface area (TPSA) is 103 Å². The second-order valence-corrected chi connectivity index (χ2v) is 8.73. The fraction of sp³-hybridized carbons (Fsp3) is 0.391. The summed E-state index contributed by atoms with van der Waals surface area (Å²) in [5.74, 6) is -3.79. The fourth-order valence-corrected chi connectivity index (χ4v) is 4.33. The Labute approximate surface area is 202 Å². The summed E-state index contributed by atoms with van der Waals surface area (Å²) in [6, 6.07) is 1.18. The molecule has 2 N–H and O–H groups in total. The smallest absolute Gasteiger partial charge is 0.346 e. The van der Waals surface area contributed by atoms with E-state index in [1.54, 1.807) is 22.4 Å². The highest BCUT2D eigenvalue weighted by atomic mass is 19.4. The summed E-state index contributed by atoms with van der Waals surface area (Å²) in [5.41, 5.74) is 2.15. The van der Waals surface area contributed by atoms with Crippen LogP contribution >= 0.6 is 0 Å². The molecule has 2 aromatic heterocycles. The van der Waals surface area contributed by atoms with E-state index in [0.29, 0.717) is 13.0 Å². The summed E-state index contributed by atoms with van der Waals surface area (Å²) in [6.45, 7) is 4.59. The van der Waals surface area contributed by atoms with E-state index in [1.165, 1.54) is 4.90 Å². The number of halogens is 5. The van der Waals surface area contributed by atoms with Crippen LogP contribution in [0.5, 0.6) is 0 Å². The van der Waals surface area contributed by atoms with E-state index < -0.39 is 41.5 Å². The lowest BCUT2D eigenvalue weighted by Gasteiger charge is -2.48. The van der Waals surface area contributed by atoms with Crippen molar-refractivity contribution in [2.24, 2.45) is 5.92 Å². The van der Waals surface area contributed by atoms with Crippen molar-refractivity contribution < 1.29 is 26.7 Å². The van der Waals surface area contributed by atoms with Gasteiger partial charge in [0.25, 0.3) is 5.91 Å². The lowest BCUT2D eigenvalue weighted by Crippen LogP contribution is -2.53. The predicted octanol–water partition coefficient (Wildman–Crippen LogP) is 4.40. The van der Waals surface area contributed by atoms with Crippen molar-refractivity contribution in [3.8, 4) is 17.2 Å². The molecule has 13 heteroatoms. The summed E-state index contributed by atoms with van der Waals surface area (Å²) in [5, 5.41) is 22.3. The molecule has 0 radical (unpaired) electrons. The number of aromatic nitrogens is 4. The van der Waals surface area contributed by atoms with Gasteiger partial charge in [-0.2, -0.15) is 28.6 Å². The van der Waals surface area contributed by atoms with Crippen LogP contribution in [0.15, 0.2) is 24.5 Å². The molecule has 4 rings (SSSR count). The molecule has 1 aliphatic heterocycles. The molecular weight excluding hydrogens is 485 g/mol. The van der Waals surface area contributed by atoms with Crippen molar-refractivity contribution in [1.82, 2.24) is 25.3 Å². The minimum atomic E-state index is -4.73. The number of anilines is 1. The van der Waals surface area contributed by atoms with Gasteiger partial charge in [0.15, 0.2) is 0 Å². The molecule has 36 heavy (non-hydrogen) atoms. The van der Waals surface area contributed by atoms with Gasteiger partial charge in [0.2, 0.25) is 0 Å². The number of aromatic amines is 1. The number of rotatable bonds is 6. The largest absolute Gasteiger partial charge is 0.408 e. The van der Waals surface area contributed by atoms with E-state index in [9.17, 15) is 27.6 Å². The van der Waals surface area contributed by atoms with E-state index in [1.807, 2.05) is 13.8 Å². The van der Waals surface area contributed by atoms with Crippen molar-refractivity contribution in [3.05, 3.63) is 53.1 Å². The molecule has 190 valence electrons. The van der Waals surface area contributed by atoms with Crippen LogP contribution in [0.2, 0.25) is 0 Å². The molecule has 1 saturated heterocycles. The maximum atomic E-state index is 15.1. The van der Waals surface area contributed by atoms with E-state index >= 15 is 4.39 Å². The molecule has 2 unspecified atom stereocenters. The zero-order valence-electron chi connectivity index (χ0n) is 19.5. The Hall–Kier alpha value is -3.95. The highest BCUT2D eigenvalue weighted by Gasteiger charge is 2.43. The van der Waals surface area contributed by atoms with E-state index in [0.717, 1.165) is 28.6 Å². The van der Waals surface area contributed by atoms with Gasteiger partial charge in [-0.1, -0.05) is 0 Å². The standard InChI is InChI=1S/C23H22F5N7O/c1-11-20(12(2)33-32-11)15-8-30-35(10-15)22-14(4-5-29)9-34(22)19-7-17(24)16(6-18(19)25)21(36)31-13(3)23(26,27)28/h6-8,10,13-14,22H,4,9H2,1-3H3,(H,31,36)(H,32,33)/t13-,14?,22?/m0/s1. The van der Waals surface area contributed by atoms with Crippen LogP contribution in [0.25, 0.3) is 11.1 Å². The lowest BCUT2D eigenvalue weighted by molar-refractivity contribution is -0.149. The third-order valence-corrected chi connectivity index (χ3v) is 6.24. The molecular formula is C23H22F5N7O. The third kappa shape index (κ3) is 4.50. The van der Waals surface area contributed by atoms with Crippen molar-refractivity contribution in [2.75, 3.05) is 11.4 Å². The Morgan fingerprint density at radius 2 is 2.03 bits per heavy atom. The van der Waals surface area contributed by atoms with Gasteiger partial charge in [-0.05, 0) is 26.8 Å². The van der Waals surface area contributed by atoms with Crippen LogP contribution in [0, 0.1) is 42.7 Å². The number of nitrogens with zero attached hydrogens (tertiary/aromatic N) is 5. The van der Waals surface area contributed by atoms with Crippen molar-refractivity contribution in [2.45, 2.75) is 45.6 Å². The molecule has 0 aliphatic carbocycles. The average Bonchev–Trinajstić information content (AvgIpc) is 3.37. The summed E-state index contributed by atoms with van der Waals surface area (Å²) in [7, 11) is 0. The molecule has 1 fully saturated rings. The number of benzene rings is 1. The molecule has 1 amide bonds. The molecule has 0 bridgehead atoms. The van der Waals surface area contributed by atoms with Gasteiger partial charge < -0.3 is 10.2 Å². The summed E-state index contributed by atoms with van der Waals surface area (Å²) < 4.78 is 69.6. The number of nitriles is 1. The average molecular weight is 507 g/mol. The number of aryl methyl sites for hydroxylation is 2. The number of hydrogen-bond donors (Lipinski definition) is 2. The van der Waals surface area contributed by atoms with E-state index in [2.05, 4.69) is 21.4 Å². The van der Waals surface area contributed by atoms with Gasteiger partial charge in [0.05, 0.1) is 29.2 Å². The zero-order valence-corrected chi connectivity index (χ0v) is 19.5. The first-order valence-electron chi connectivity index (χ1n) is 11.0. The van der Waals surface area contributed by atoms with Crippen molar-refractivity contribution in [1.29, 1.82) is 5.26 Å². The SMILES string of the molecule is Cc1n[nH]c(C)c1-c1cnn(C2C(CC#N)CN2c2cc(F)c(C(=O)N[C@@H](C)C(F)(F)F)cc2F)c1. The number of hydrogen-bond acceptors (Lipinski definition) is 5. The highest BCUT2D eigenvalue weighted by molar-refractivity contribution is 5.95. The number of carbonyl (C=O) groups is 1. The van der Waals surface area contributed by atoms with Crippen molar-refractivity contribution >= 4 is 11.6 Å². The third-order valence-electron chi connectivity index (χ3n) is 6.24. The van der Waals surface area contributed by atoms with Gasteiger partial charge >= 0.3 is 6.18 Å². The Bertz CT molecular complexity index is 1320. The quantitative estimate of drug-likeness (QED) is 0.482. The molecule has 1 aliphatic rings. The molecule has 0 spiro atoms. The minimum absolute atomic E-state index is 0.139. The Kier molecular flexibility index (Phi) is 6.46. The highest BCUT2D eigenvalue weighted by Crippen LogP contribution is 2.42. The maximum absolute atomic E-state index is 15.1. The molecule has 1 aromatic carbocycles. The maximum Gasteiger partial charge on any atom is 0.408 e. The van der Waals surface area contributed by atoms with Crippen molar-refractivity contribution in [3.63, 3.8) is 0 Å². The lowest BCUT2D eigenvalue weighted by atomic mass is 9.90. The monoisotopic (exact) mass is 507 g/mol. The first kappa shape index (κ1) is 25.2. The number of nitrogens with one attached hydrogen (secondary N) is 2. The zero-order chi connectivity index (χ0) is 26.4. The summed E-state index contributed by atoms with van der Waals surface area (Å²) >= 11 is 0. The van der Waals surface area contributed by atoms with Gasteiger partial charge in [-0.3, -0.25) is 9.89 Å². The van der Waals surface area contributed by atoms with Crippen LogP contribution in [-0.2, 0) is 0 Å². The first-order chi connectivity index (χ1) is 16.9. The number of amides is 1. The molecule has 3 heterocycles. The Morgan fingerprint density at radius 1 is 1.31 bits per heavy atom. The second-order valence-electron chi connectivity index (χ2n) is 8.73. The Balaban J connectivity index is 1.63. The van der Waals surface area contributed by atoms with E-state index in [-0.39, 0.29) is 24.6 Å².